The van der Waals surface area contributed by atoms with Crippen LogP contribution in [-0.4, -0.2) is 22.2 Å². The fraction of sp³-hybridized carbons (Fsp3) is 0.476. The average molecular weight is 477 g/mol. The Morgan fingerprint density at radius 3 is 2.66 bits per heavy atom. The maximum atomic E-state index is 12.3. The van der Waals surface area contributed by atoms with Crippen LogP contribution < -0.4 is 16.1 Å². The molecule has 4 rings (SSSR count). The molecule has 2 fully saturated rings. The van der Waals surface area contributed by atoms with E-state index in [2.05, 4.69) is 63.9 Å². The Bertz CT molecular complexity index is 912. The third-order valence-electron chi connectivity index (χ3n) is 6.82. The quantitative estimate of drug-likeness (QED) is 0.555. The van der Waals surface area contributed by atoms with E-state index in [1.54, 1.807) is 0 Å². The lowest BCUT2D eigenvalue weighted by molar-refractivity contribution is -0.122. The van der Waals surface area contributed by atoms with Crippen LogP contribution in [-0.2, 0) is 9.59 Å². The van der Waals surface area contributed by atoms with Crippen molar-refractivity contribution in [2.75, 3.05) is 5.32 Å². The molecular formula is C21H25BrN4O2S. The van der Waals surface area contributed by atoms with E-state index in [-0.39, 0.29) is 29.1 Å². The molecule has 0 unspecified atom stereocenters. The molecule has 3 atom stereocenters. The summed E-state index contributed by atoms with van der Waals surface area (Å²) >= 11 is 4.66. The first kappa shape index (κ1) is 20.5. The van der Waals surface area contributed by atoms with Gasteiger partial charge >= 0.3 is 0 Å². The molecule has 0 radical (unpaired) electrons. The van der Waals surface area contributed by atoms with Crippen molar-refractivity contribution in [3.05, 3.63) is 40.5 Å². The summed E-state index contributed by atoms with van der Waals surface area (Å²) in [5.41, 5.74) is 5.34. The lowest BCUT2D eigenvalue weighted by atomic mass is 9.69. The predicted octanol–water partition coefficient (Wildman–Crippen LogP) is 4.21. The number of halogens is 1. The molecule has 8 heteroatoms. The van der Waals surface area contributed by atoms with Gasteiger partial charge in [0.05, 0.1) is 0 Å². The highest BCUT2D eigenvalue weighted by Crippen LogP contribution is 2.64. The predicted molar refractivity (Wildman–Crippen MR) is 120 cm³/mol. The minimum atomic E-state index is -0.480. The molecule has 6 nitrogen and oxygen atoms in total. The molecule has 0 spiro atoms. The molecule has 3 N–H and O–H groups in total. The van der Waals surface area contributed by atoms with Gasteiger partial charge in [0.15, 0.2) is 5.17 Å². The number of thioether (sulfide) groups is 1. The molecule has 1 aromatic carbocycles. The summed E-state index contributed by atoms with van der Waals surface area (Å²) in [6.45, 7) is 6.92. The Balaban J connectivity index is 1.34. The summed E-state index contributed by atoms with van der Waals surface area (Å²) in [6.07, 6.45) is 4.75. The summed E-state index contributed by atoms with van der Waals surface area (Å²) in [5.74, 6) is 0.185. The zero-order valence-electron chi connectivity index (χ0n) is 16.7. The second-order valence-electron chi connectivity index (χ2n) is 8.66. The van der Waals surface area contributed by atoms with Crippen LogP contribution >= 0.6 is 27.7 Å². The molecule has 1 aromatic rings. The molecule has 2 amide bonds. The lowest BCUT2D eigenvalue weighted by Crippen LogP contribution is -2.34. The molecule has 1 saturated carbocycles. The topological polar surface area (TPSA) is 82.6 Å². The van der Waals surface area contributed by atoms with E-state index in [0.717, 1.165) is 16.6 Å². The number of fused-ring (bicyclic) bond motifs is 2. The highest BCUT2D eigenvalue weighted by Gasteiger charge is 2.57. The van der Waals surface area contributed by atoms with Crippen molar-refractivity contribution < 1.29 is 9.59 Å². The molecule has 3 aliphatic rings. The maximum absolute atomic E-state index is 12.3. The molecule has 154 valence electrons. The second kappa shape index (κ2) is 7.47. The number of hydrogen-bond acceptors (Lipinski definition) is 5. The number of rotatable bonds is 5. The SMILES string of the molecule is CC1(C)[C@@H]2C=C(N/N=C3/NC(=O)[C@H](CC(=O)Nc4ccc(Br)cc4)S3)[C@]1(C)CC2. The summed E-state index contributed by atoms with van der Waals surface area (Å²) in [6, 6.07) is 7.34. The van der Waals surface area contributed by atoms with Crippen molar-refractivity contribution >= 4 is 50.4 Å². The van der Waals surface area contributed by atoms with Gasteiger partial charge in [-0.25, -0.2) is 0 Å². The lowest BCUT2D eigenvalue weighted by Gasteiger charge is -2.36. The third kappa shape index (κ3) is 3.72. The van der Waals surface area contributed by atoms with E-state index in [0.29, 0.717) is 16.8 Å². The van der Waals surface area contributed by atoms with Crippen LogP contribution in [0.2, 0.25) is 0 Å². The van der Waals surface area contributed by atoms with Crippen LogP contribution in [0, 0.1) is 16.7 Å². The second-order valence-corrected chi connectivity index (χ2v) is 10.8. The fourth-order valence-electron chi connectivity index (χ4n) is 4.47. The Hall–Kier alpha value is -1.80. The number of amidine groups is 1. The molecule has 1 heterocycles. The van der Waals surface area contributed by atoms with E-state index < -0.39 is 5.25 Å². The van der Waals surface area contributed by atoms with Gasteiger partial charge in [-0.3, -0.25) is 15.0 Å². The van der Waals surface area contributed by atoms with Crippen LogP contribution in [0.15, 0.2) is 45.6 Å². The number of hydrogen-bond donors (Lipinski definition) is 3. The first-order valence-electron chi connectivity index (χ1n) is 9.78. The number of carbonyl (C=O) groups is 2. The van der Waals surface area contributed by atoms with Crippen LogP contribution in [0.4, 0.5) is 5.69 Å². The standard InChI is InChI=1S/C21H25BrN4O2S/c1-20(2)12-8-9-21(20,3)16(10-12)25-26-19-24-18(28)15(29-19)11-17(27)23-14-6-4-13(22)5-7-14/h4-7,10,12,15,25H,8-9,11H2,1-3H3,(H,23,27)(H,24,26,28)/t12-,15-,21-/m0/s1. The van der Waals surface area contributed by atoms with E-state index >= 15 is 0 Å². The van der Waals surface area contributed by atoms with Gasteiger partial charge in [0, 0.05) is 27.7 Å². The van der Waals surface area contributed by atoms with Crippen molar-refractivity contribution in [1.29, 1.82) is 0 Å². The minimum Gasteiger partial charge on any atom is -0.326 e. The first-order valence-corrected chi connectivity index (χ1v) is 11.5. The van der Waals surface area contributed by atoms with Crippen LogP contribution in [0.25, 0.3) is 0 Å². The van der Waals surface area contributed by atoms with Crippen LogP contribution in [0.5, 0.6) is 0 Å². The van der Waals surface area contributed by atoms with Crippen molar-refractivity contribution in [3.8, 4) is 0 Å². The highest BCUT2D eigenvalue weighted by atomic mass is 79.9. The van der Waals surface area contributed by atoms with E-state index in [1.807, 2.05) is 24.3 Å². The molecule has 2 bridgehead atoms. The van der Waals surface area contributed by atoms with Gasteiger partial charge in [0.1, 0.15) is 5.25 Å². The first-order chi connectivity index (χ1) is 13.7. The van der Waals surface area contributed by atoms with Gasteiger partial charge < -0.3 is 10.6 Å². The van der Waals surface area contributed by atoms with Crippen molar-refractivity contribution in [2.24, 2.45) is 21.8 Å². The number of hydrazone groups is 1. The maximum Gasteiger partial charge on any atom is 0.240 e. The van der Waals surface area contributed by atoms with Gasteiger partial charge in [-0.2, -0.15) is 5.10 Å². The summed E-state index contributed by atoms with van der Waals surface area (Å²) in [4.78, 5) is 24.6. The van der Waals surface area contributed by atoms with Crippen LogP contribution in [0.1, 0.15) is 40.0 Å². The van der Waals surface area contributed by atoms with Crippen LogP contribution in [0.3, 0.4) is 0 Å². The zero-order valence-corrected chi connectivity index (χ0v) is 19.1. The Morgan fingerprint density at radius 1 is 1.31 bits per heavy atom. The number of amides is 2. The van der Waals surface area contributed by atoms with E-state index in [4.69, 9.17) is 0 Å². The van der Waals surface area contributed by atoms with Gasteiger partial charge in [0.25, 0.3) is 0 Å². The number of allylic oxidation sites excluding steroid dienone is 2. The largest absolute Gasteiger partial charge is 0.326 e. The minimum absolute atomic E-state index is 0.0823. The molecule has 1 saturated heterocycles. The molecule has 0 aromatic heterocycles. The third-order valence-corrected chi connectivity index (χ3v) is 8.43. The van der Waals surface area contributed by atoms with E-state index in [1.165, 1.54) is 18.2 Å². The number of carbonyl (C=O) groups excluding carboxylic acids is 2. The van der Waals surface area contributed by atoms with Gasteiger partial charge in [-0.15, -0.1) is 0 Å². The molecular weight excluding hydrogens is 452 g/mol. The summed E-state index contributed by atoms with van der Waals surface area (Å²) in [7, 11) is 0. The molecule has 29 heavy (non-hydrogen) atoms. The monoisotopic (exact) mass is 476 g/mol. The van der Waals surface area contributed by atoms with Gasteiger partial charge in [-0.1, -0.05) is 54.5 Å². The van der Waals surface area contributed by atoms with Gasteiger partial charge in [-0.05, 0) is 48.4 Å². The Kier molecular flexibility index (Phi) is 5.27. The highest BCUT2D eigenvalue weighted by molar-refractivity contribution is 9.10. The average Bonchev–Trinajstić information content (AvgIpc) is 3.18. The fourth-order valence-corrected chi connectivity index (χ4v) is 5.66. The van der Waals surface area contributed by atoms with Crippen molar-refractivity contribution in [2.45, 2.75) is 45.3 Å². The smallest absolute Gasteiger partial charge is 0.240 e. The molecule has 1 aliphatic heterocycles. The Labute approximate surface area is 183 Å². The Morgan fingerprint density at radius 2 is 2.03 bits per heavy atom. The molecule has 2 aliphatic carbocycles. The zero-order chi connectivity index (χ0) is 20.8. The van der Waals surface area contributed by atoms with Crippen molar-refractivity contribution in [3.63, 3.8) is 0 Å². The normalized spacial score (nSPS) is 31.0. The van der Waals surface area contributed by atoms with E-state index in [9.17, 15) is 9.59 Å². The number of anilines is 1. The number of nitrogens with one attached hydrogen (secondary N) is 3. The van der Waals surface area contributed by atoms with Gasteiger partial charge in [0.2, 0.25) is 11.8 Å². The summed E-state index contributed by atoms with van der Waals surface area (Å²) in [5, 5.41) is 10.1. The number of nitrogens with zero attached hydrogens (tertiary/aromatic N) is 1. The van der Waals surface area contributed by atoms with Crippen molar-refractivity contribution in [1.82, 2.24) is 10.7 Å². The summed E-state index contributed by atoms with van der Waals surface area (Å²) < 4.78 is 0.942. The number of benzene rings is 1.